The number of fused-ring (bicyclic) bond motifs is 1. The van der Waals surface area contributed by atoms with Crippen LogP contribution in [0.3, 0.4) is 0 Å². The first-order chi connectivity index (χ1) is 19.0. The van der Waals surface area contributed by atoms with Gasteiger partial charge in [0.05, 0.1) is 23.2 Å². The van der Waals surface area contributed by atoms with Gasteiger partial charge in [-0.25, -0.2) is 9.38 Å². The molecular formula is C29H26F4N4O3. The molecular weight excluding hydrogens is 528 g/mol. The number of para-hydroxylation sites is 1. The summed E-state index contributed by atoms with van der Waals surface area (Å²) in [5, 5.41) is 4.91. The van der Waals surface area contributed by atoms with Gasteiger partial charge in [-0.05, 0) is 24.5 Å². The van der Waals surface area contributed by atoms with Crippen LogP contribution in [0.25, 0.3) is 0 Å². The highest BCUT2D eigenvalue weighted by Crippen LogP contribution is 2.32. The van der Waals surface area contributed by atoms with Gasteiger partial charge in [0.2, 0.25) is 18.0 Å². The van der Waals surface area contributed by atoms with Crippen molar-refractivity contribution in [1.29, 1.82) is 0 Å². The summed E-state index contributed by atoms with van der Waals surface area (Å²) in [7, 11) is 0. The number of benzodiazepines with no additional fused rings is 1. The van der Waals surface area contributed by atoms with Crippen molar-refractivity contribution in [2.45, 2.75) is 37.5 Å². The number of hydrogen-bond donors (Lipinski definition) is 3. The Bertz CT molecular complexity index is 1410. The minimum Gasteiger partial charge on any atom is -0.369 e. The Kier molecular flexibility index (Phi) is 8.61. The molecule has 1 aliphatic rings. The van der Waals surface area contributed by atoms with Crippen LogP contribution in [-0.2, 0) is 14.4 Å². The van der Waals surface area contributed by atoms with E-state index in [1.165, 1.54) is 6.07 Å². The van der Waals surface area contributed by atoms with Crippen molar-refractivity contribution < 1.29 is 31.9 Å². The van der Waals surface area contributed by atoms with Crippen molar-refractivity contribution in [2.75, 3.05) is 5.32 Å². The predicted molar refractivity (Wildman–Crippen MR) is 141 cm³/mol. The summed E-state index contributed by atoms with van der Waals surface area (Å²) < 4.78 is 53.5. The van der Waals surface area contributed by atoms with Gasteiger partial charge in [-0.2, -0.15) is 13.2 Å². The van der Waals surface area contributed by atoms with Crippen LogP contribution in [0.15, 0.2) is 83.9 Å². The number of nitrogens with two attached hydrogens (primary N) is 1. The van der Waals surface area contributed by atoms with Crippen molar-refractivity contribution in [1.82, 2.24) is 5.32 Å². The standard InChI is InChI=1S/C29H26F4N4O3/c30-21-15-7-13-20-23(18-11-5-2-6-12-18)35-26(28(40)36-24(20)21)37-27(39)19(14-8-16-29(31,32)33)22(25(34)38)17-9-3-1-4-10-17/h1-7,9-13,15,19,22,26H,8,14,16H2,(H2,34,38)(H,36,40)(H,37,39)/t19-,22+,26-/m1/s1. The van der Waals surface area contributed by atoms with Crippen LogP contribution in [0, 0.1) is 11.7 Å². The van der Waals surface area contributed by atoms with E-state index in [4.69, 9.17) is 5.73 Å². The quantitative estimate of drug-likeness (QED) is 0.334. The van der Waals surface area contributed by atoms with E-state index in [9.17, 15) is 31.9 Å². The van der Waals surface area contributed by atoms with E-state index >= 15 is 0 Å². The topological polar surface area (TPSA) is 114 Å². The second-order valence-electron chi connectivity index (χ2n) is 9.31. The average Bonchev–Trinajstić information content (AvgIpc) is 3.05. The molecule has 3 aromatic carbocycles. The monoisotopic (exact) mass is 554 g/mol. The molecule has 1 aliphatic heterocycles. The zero-order valence-corrected chi connectivity index (χ0v) is 21.1. The number of nitrogens with one attached hydrogen (secondary N) is 2. The number of amides is 3. The molecule has 0 spiro atoms. The van der Waals surface area contributed by atoms with Gasteiger partial charge in [-0.15, -0.1) is 0 Å². The minimum absolute atomic E-state index is 0.132. The largest absolute Gasteiger partial charge is 0.389 e. The maximum absolute atomic E-state index is 14.7. The molecule has 3 atom stereocenters. The third kappa shape index (κ3) is 6.71. The smallest absolute Gasteiger partial charge is 0.369 e. The van der Waals surface area contributed by atoms with Crippen LogP contribution in [0.2, 0.25) is 0 Å². The number of halogens is 4. The maximum atomic E-state index is 14.7. The Morgan fingerprint density at radius 2 is 1.62 bits per heavy atom. The molecule has 0 unspecified atom stereocenters. The fraction of sp³-hybridized carbons (Fsp3) is 0.241. The lowest BCUT2D eigenvalue weighted by Crippen LogP contribution is -2.47. The van der Waals surface area contributed by atoms with Gasteiger partial charge in [0.25, 0.3) is 5.91 Å². The number of carbonyl (C=O) groups is 3. The lowest BCUT2D eigenvalue weighted by molar-refractivity contribution is -0.139. The number of hydrogen-bond acceptors (Lipinski definition) is 4. The highest BCUT2D eigenvalue weighted by atomic mass is 19.4. The first kappa shape index (κ1) is 28.5. The number of nitrogens with zero attached hydrogens (tertiary/aromatic N) is 1. The molecule has 0 saturated carbocycles. The van der Waals surface area contributed by atoms with Crippen LogP contribution in [0.5, 0.6) is 0 Å². The van der Waals surface area contributed by atoms with Crippen molar-refractivity contribution >= 4 is 29.1 Å². The maximum Gasteiger partial charge on any atom is 0.389 e. The molecule has 4 rings (SSSR count). The third-order valence-electron chi connectivity index (χ3n) is 6.53. The number of aliphatic imine (C=N–C) groups is 1. The number of anilines is 1. The summed E-state index contributed by atoms with van der Waals surface area (Å²) in [6.45, 7) is 0. The Morgan fingerprint density at radius 1 is 0.975 bits per heavy atom. The van der Waals surface area contributed by atoms with Crippen LogP contribution in [-0.4, -0.2) is 35.8 Å². The molecule has 1 heterocycles. The minimum atomic E-state index is -4.47. The Balaban J connectivity index is 1.71. The summed E-state index contributed by atoms with van der Waals surface area (Å²) in [6, 6.07) is 20.7. The first-order valence-corrected chi connectivity index (χ1v) is 12.5. The molecule has 3 amide bonds. The fourth-order valence-electron chi connectivity index (χ4n) is 4.69. The van der Waals surface area contributed by atoms with Gasteiger partial charge in [0, 0.05) is 17.5 Å². The molecule has 0 radical (unpaired) electrons. The van der Waals surface area contributed by atoms with E-state index in [-0.39, 0.29) is 23.4 Å². The average molecular weight is 555 g/mol. The molecule has 0 saturated heterocycles. The molecule has 7 nitrogen and oxygen atoms in total. The second-order valence-corrected chi connectivity index (χ2v) is 9.31. The van der Waals surface area contributed by atoms with Gasteiger partial charge < -0.3 is 16.4 Å². The normalized spacial score (nSPS) is 16.6. The lowest BCUT2D eigenvalue weighted by atomic mass is 9.81. The predicted octanol–water partition coefficient (Wildman–Crippen LogP) is 4.68. The van der Waals surface area contributed by atoms with Gasteiger partial charge in [-0.1, -0.05) is 72.8 Å². The summed E-state index contributed by atoms with van der Waals surface area (Å²) in [5.74, 6) is -5.99. The molecule has 40 heavy (non-hydrogen) atoms. The second kappa shape index (κ2) is 12.1. The molecule has 208 valence electrons. The van der Waals surface area contributed by atoms with Crippen molar-refractivity contribution in [2.24, 2.45) is 16.6 Å². The number of primary amides is 1. The van der Waals surface area contributed by atoms with Crippen molar-refractivity contribution in [3.05, 3.63) is 101 Å². The first-order valence-electron chi connectivity index (χ1n) is 12.5. The highest BCUT2D eigenvalue weighted by molar-refractivity contribution is 6.20. The van der Waals surface area contributed by atoms with Crippen LogP contribution in [0.4, 0.5) is 23.2 Å². The van der Waals surface area contributed by atoms with Gasteiger partial charge in [0.1, 0.15) is 5.82 Å². The highest BCUT2D eigenvalue weighted by Gasteiger charge is 2.37. The van der Waals surface area contributed by atoms with Crippen LogP contribution < -0.4 is 16.4 Å². The molecule has 0 aromatic heterocycles. The van der Waals surface area contributed by atoms with Gasteiger partial charge >= 0.3 is 6.18 Å². The van der Waals surface area contributed by atoms with E-state index in [0.29, 0.717) is 11.1 Å². The molecule has 11 heteroatoms. The van der Waals surface area contributed by atoms with Crippen molar-refractivity contribution in [3.63, 3.8) is 0 Å². The van der Waals surface area contributed by atoms with E-state index in [0.717, 1.165) is 6.07 Å². The SMILES string of the molecule is NC(=O)[C@@H](c1ccccc1)[C@@H](CCCC(F)(F)F)C(=O)N[C@H]1N=C(c2ccccc2)c2cccc(F)c2NC1=O. The number of benzene rings is 3. The Labute approximate surface area is 227 Å². The fourth-order valence-corrected chi connectivity index (χ4v) is 4.69. The zero-order valence-electron chi connectivity index (χ0n) is 21.1. The third-order valence-corrected chi connectivity index (χ3v) is 6.53. The summed E-state index contributed by atoms with van der Waals surface area (Å²) in [5.41, 5.74) is 6.86. The van der Waals surface area contributed by atoms with E-state index in [1.54, 1.807) is 66.7 Å². The molecule has 3 aromatic rings. The molecule has 4 N–H and O–H groups in total. The molecule has 0 fully saturated rings. The summed E-state index contributed by atoms with van der Waals surface area (Å²) in [6.07, 6.45) is -8.02. The molecule has 0 bridgehead atoms. The number of rotatable bonds is 9. The van der Waals surface area contributed by atoms with Crippen molar-refractivity contribution in [3.8, 4) is 0 Å². The van der Waals surface area contributed by atoms with Gasteiger partial charge in [-0.3, -0.25) is 14.4 Å². The van der Waals surface area contributed by atoms with E-state index in [1.807, 2.05) is 0 Å². The van der Waals surface area contributed by atoms with Gasteiger partial charge in [0.15, 0.2) is 0 Å². The van der Waals surface area contributed by atoms with Crippen LogP contribution >= 0.6 is 0 Å². The Morgan fingerprint density at radius 3 is 2.25 bits per heavy atom. The summed E-state index contributed by atoms with van der Waals surface area (Å²) >= 11 is 0. The Hall–Kier alpha value is -4.54. The summed E-state index contributed by atoms with van der Waals surface area (Å²) in [4.78, 5) is 43.7. The van der Waals surface area contributed by atoms with E-state index in [2.05, 4.69) is 15.6 Å². The molecule has 0 aliphatic carbocycles. The number of carbonyl (C=O) groups excluding carboxylic acids is 3. The number of alkyl halides is 3. The zero-order chi connectivity index (χ0) is 28.9. The lowest BCUT2D eigenvalue weighted by Gasteiger charge is -2.26. The van der Waals surface area contributed by atoms with Crippen LogP contribution in [0.1, 0.15) is 41.9 Å². The van der Waals surface area contributed by atoms with E-state index < -0.39 is 60.6 Å².